The Morgan fingerprint density at radius 3 is 2.55 bits per heavy atom. The summed E-state index contributed by atoms with van der Waals surface area (Å²) in [5.41, 5.74) is 2.93. The molecule has 0 amide bonds. The van der Waals surface area contributed by atoms with Gasteiger partial charge in [-0.05, 0) is 66.6 Å². The zero-order valence-electron chi connectivity index (χ0n) is 22.7. The number of ether oxygens (including phenoxy) is 2. The van der Waals surface area contributed by atoms with Crippen LogP contribution < -0.4 is 4.74 Å². The van der Waals surface area contributed by atoms with Gasteiger partial charge in [0.15, 0.2) is 11.0 Å². The molecule has 3 heterocycles. The monoisotopic (exact) mass is 621 g/mol. The molecule has 0 radical (unpaired) electrons. The molecular weight excluding hydrogens is 594 g/mol. The number of halogens is 1. The molecule has 1 aliphatic rings. The molecule has 0 N–H and O–H groups in total. The van der Waals surface area contributed by atoms with Crippen molar-refractivity contribution in [1.82, 2.24) is 13.3 Å². The number of fused-ring (bicyclic) bond motifs is 1. The minimum atomic E-state index is -4.01. The third-order valence-corrected chi connectivity index (χ3v) is 10.9. The van der Waals surface area contributed by atoms with E-state index in [1.54, 1.807) is 65.8 Å². The lowest BCUT2D eigenvalue weighted by atomic mass is 10.1. The number of nitrogens with zero attached hydrogens (tertiary/aromatic N) is 3. The van der Waals surface area contributed by atoms with Crippen LogP contribution >= 0.6 is 11.6 Å². The summed E-state index contributed by atoms with van der Waals surface area (Å²) >= 11 is 6.32. The first-order valence-corrected chi connectivity index (χ1v) is 16.3. The van der Waals surface area contributed by atoms with Gasteiger partial charge in [0.1, 0.15) is 23.4 Å². The van der Waals surface area contributed by atoms with Gasteiger partial charge in [0.25, 0.3) is 0 Å². The van der Waals surface area contributed by atoms with Gasteiger partial charge in [-0.1, -0.05) is 48.0 Å². The van der Waals surface area contributed by atoms with Crippen molar-refractivity contribution in [2.75, 3.05) is 26.3 Å². The van der Waals surface area contributed by atoms with E-state index in [2.05, 4.69) is 4.98 Å². The molecule has 1 aliphatic heterocycles. The minimum Gasteiger partial charge on any atom is -0.491 e. The van der Waals surface area contributed by atoms with Crippen LogP contribution in [0.25, 0.3) is 22.0 Å². The van der Waals surface area contributed by atoms with Crippen LogP contribution in [-0.2, 0) is 25.7 Å². The second-order valence-corrected chi connectivity index (χ2v) is 13.5. The number of rotatable bonds is 8. The molecule has 1 unspecified atom stereocenters. The van der Waals surface area contributed by atoms with Crippen molar-refractivity contribution >= 4 is 43.5 Å². The van der Waals surface area contributed by atoms with Crippen LogP contribution in [0.4, 0.5) is 0 Å². The summed E-state index contributed by atoms with van der Waals surface area (Å²) in [6.45, 7) is 2.39. The van der Waals surface area contributed by atoms with E-state index >= 15 is 0 Å². The van der Waals surface area contributed by atoms with Crippen molar-refractivity contribution in [2.24, 2.45) is 0 Å². The molecule has 3 aromatic carbocycles. The summed E-state index contributed by atoms with van der Waals surface area (Å²) in [7, 11) is -5.67. The van der Waals surface area contributed by atoms with Crippen LogP contribution in [-0.4, -0.2) is 58.3 Å². The summed E-state index contributed by atoms with van der Waals surface area (Å²) in [5.74, 6) is 0.656. The summed E-state index contributed by atoms with van der Waals surface area (Å²) in [6, 6.07) is 25.5. The van der Waals surface area contributed by atoms with Crippen LogP contribution in [0.15, 0.2) is 107 Å². The zero-order valence-corrected chi connectivity index (χ0v) is 25.1. The molecule has 1 saturated heterocycles. The average Bonchev–Trinajstić information content (AvgIpc) is 3.32. The highest BCUT2D eigenvalue weighted by atomic mass is 35.5. The van der Waals surface area contributed by atoms with E-state index in [-0.39, 0.29) is 31.2 Å². The van der Waals surface area contributed by atoms with Gasteiger partial charge < -0.3 is 9.47 Å². The van der Waals surface area contributed by atoms with Gasteiger partial charge in [-0.25, -0.2) is 12.6 Å². The predicted octanol–water partition coefficient (Wildman–Crippen LogP) is 5.70. The van der Waals surface area contributed by atoms with Gasteiger partial charge in [-0.15, -0.1) is 0 Å². The first-order valence-electron chi connectivity index (χ1n) is 13.4. The first kappa shape index (κ1) is 28.6. The summed E-state index contributed by atoms with van der Waals surface area (Å²) < 4.78 is 56.8. The van der Waals surface area contributed by atoms with Gasteiger partial charge in [0.2, 0.25) is 10.0 Å². The lowest BCUT2D eigenvalue weighted by Crippen LogP contribution is -2.47. The SMILES string of the molecule is Cc1c(S(=O)(=O)N2CCO[C@H](COc3ccc(-c4cccnc4)cc3)C2)c2cc(Cl)ccc2n1S(=O)c1ccccc1. The Bertz CT molecular complexity index is 1850. The van der Waals surface area contributed by atoms with Crippen LogP contribution in [0, 0.1) is 6.92 Å². The highest BCUT2D eigenvalue weighted by molar-refractivity contribution is 7.89. The lowest BCUT2D eigenvalue weighted by Gasteiger charge is -2.32. The van der Waals surface area contributed by atoms with Gasteiger partial charge in [0.05, 0.1) is 22.7 Å². The van der Waals surface area contributed by atoms with Gasteiger partial charge >= 0.3 is 0 Å². The van der Waals surface area contributed by atoms with Gasteiger partial charge in [-0.2, -0.15) is 4.31 Å². The quantitative estimate of drug-likeness (QED) is 0.221. The molecule has 42 heavy (non-hydrogen) atoms. The Morgan fingerprint density at radius 1 is 1.02 bits per heavy atom. The average molecular weight is 622 g/mol. The molecule has 5 aromatic rings. The lowest BCUT2D eigenvalue weighted by molar-refractivity contribution is -0.0249. The third kappa shape index (κ3) is 5.60. The minimum absolute atomic E-state index is 0.0943. The largest absolute Gasteiger partial charge is 0.491 e. The number of morpholine rings is 1. The Hall–Kier alpha value is -3.54. The number of benzene rings is 3. The number of hydrogen-bond acceptors (Lipinski definition) is 6. The van der Waals surface area contributed by atoms with Crippen LogP contribution in [0.1, 0.15) is 5.69 Å². The van der Waals surface area contributed by atoms with Crippen molar-refractivity contribution in [2.45, 2.75) is 22.8 Å². The highest BCUT2D eigenvalue weighted by Gasteiger charge is 2.36. The van der Waals surface area contributed by atoms with Crippen LogP contribution in [0.2, 0.25) is 5.02 Å². The molecule has 216 valence electrons. The fourth-order valence-electron chi connectivity index (χ4n) is 5.12. The molecule has 2 atom stereocenters. The molecule has 8 nitrogen and oxygen atoms in total. The topological polar surface area (TPSA) is 90.7 Å². The van der Waals surface area contributed by atoms with Crippen molar-refractivity contribution < 1.29 is 22.1 Å². The Labute approximate surface area is 252 Å². The second kappa shape index (κ2) is 12.0. The molecule has 11 heteroatoms. The zero-order chi connectivity index (χ0) is 29.3. The third-order valence-electron chi connectivity index (χ3n) is 7.15. The summed E-state index contributed by atoms with van der Waals surface area (Å²) in [6.07, 6.45) is 3.06. The van der Waals surface area contributed by atoms with Crippen molar-refractivity contribution in [3.63, 3.8) is 0 Å². The fourth-order valence-corrected chi connectivity index (χ4v) is 8.47. The number of sulfonamides is 1. The Balaban J connectivity index is 1.24. The summed E-state index contributed by atoms with van der Waals surface area (Å²) in [4.78, 5) is 4.81. The number of hydrogen-bond donors (Lipinski definition) is 0. The molecule has 0 spiro atoms. The molecule has 0 saturated carbocycles. The fraction of sp³-hybridized carbons (Fsp3) is 0.194. The van der Waals surface area contributed by atoms with E-state index in [9.17, 15) is 12.6 Å². The molecule has 0 bridgehead atoms. The maximum absolute atomic E-state index is 14.2. The van der Waals surface area contributed by atoms with Gasteiger partial charge in [-0.3, -0.25) is 8.96 Å². The maximum Gasteiger partial charge on any atom is 0.245 e. The van der Waals surface area contributed by atoms with Gasteiger partial charge in [0, 0.05) is 35.9 Å². The maximum atomic E-state index is 14.2. The normalized spacial score (nSPS) is 16.9. The smallest absolute Gasteiger partial charge is 0.245 e. The summed E-state index contributed by atoms with van der Waals surface area (Å²) in [5, 5.41) is 0.821. The molecule has 1 fully saturated rings. The van der Waals surface area contributed by atoms with Crippen molar-refractivity contribution in [1.29, 1.82) is 0 Å². The van der Waals surface area contributed by atoms with Crippen molar-refractivity contribution in [3.8, 4) is 16.9 Å². The van der Waals surface area contributed by atoms with E-state index in [4.69, 9.17) is 21.1 Å². The van der Waals surface area contributed by atoms with E-state index in [1.165, 1.54) is 4.31 Å². The van der Waals surface area contributed by atoms with E-state index in [1.807, 2.05) is 42.5 Å². The van der Waals surface area contributed by atoms with Crippen LogP contribution in [0.5, 0.6) is 5.75 Å². The Morgan fingerprint density at radius 2 is 1.81 bits per heavy atom. The first-order chi connectivity index (χ1) is 20.3. The second-order valence-electron chi connectivity index (χ2n) is 9.87. The standard InChI is InChI=1S/C31H28ClN3O5S2/c1-22-31(29-18-25(32)11-14-30(29)35(22)41(36)28-7-3-2-4-8-28)42(37,38)34-16-17-39-27(20-34)21-40-26-12-9-23(10-13-26)24-6-5-15-33-19-24/h2-15,18-19,27H,16-17,20-21H2,1H3/t27-,41?/m0/s1. The highest BCUT2D eigenvalue weighted by Crippen LogP contribution is 2.36. The van der Waals surface area contributed by atoms with E-state index in [0.29, 0.717) is 32.3 Å². The molecule has 2 aromatic heterocycles. The number of pyridine rings is 1. The Kier molecular flexibility index (Phi) is 8.15. The molecule has 6 rings (SSSR count). The van der Waals surface area contributed by atoms with E-state index < -0.39 is 27.1 Å². The van der Waals surface area contributed by atoms with Crippen molar-refractivity contribution in [3.05, 3.63) is 108 Å². The predicted molar refractivity (Wildman–Crippen MR) is 164 cm³/mol. The van der Waals surface area contributed by atoms with E-state index in [0.717, 1.165) is 11.1 Å². The number of aromatic nitrogens is 2. The molecule has 0 aliphatic carbocycles. The molecular formula is C31H28ClN3O5S2. The van der Waals surface area contributed by atoms with Crippen LogP contribution in [0.3, 0.4) is 0 Å².